The molecule has 0 aliphatic carbocycles. The summed E-state index contributed by atoms with van der Waals surface area (Å²) >= 11 is 0. The Hall–Kier alpha value is -2.16. The van der Waals surface area contributed by atoms with Gasteiger partial charge in [-0.15, -0.1) is 0 Å². The van der Waals surface area contributed by atoms with Gasteiger partial charge in [-0.05, 0) is 19.3 Å². The van der Waals surface area contributed by atoms with E-state index in [2.05, 4.69) is 27.9 Å². The summed E-state index contributed by atoms with van der Waals surface area (Å²) in [4.78, 5) is 24.6. The van der Waals surface area contributed by atoms with Gasteiger partial charge in [-0.3, -0.25) is 4.79 Å². The number of unbranched alkanes of at least 4 members (excludes halogenated alkanes) is 1. The third kappa shape index (κ3) is 3.73. The quantitative estimate of drug-likeness (QED) is 0.829. The number of carbonyl (C=O) groups excluding carboxylic acids is 1. The lowest BCUT2D eigenvalue weighted by molar-refractivity contribution is -0.134. The van der Waals surface area contributed by atoms with Crippen LogP contribution in [0.15, 0.2) is 12.4 Å². The molecule has 1 aromatic rings. The van der Waals surface area contributed by atoms with Gasteiger partial charge in [0.15, 0.2) is 11.5 Å². The maximum absolute atomic E-state index is 12.4. The van der Waals surface area contributed by atoms with Crippen molar-refractivity contribution in [2.45, 2.75) is 32.6 Å². The highest BCUT2D eigenvalue weighted by molar-refractivity contribution is 5.79. The van der Waals surface area contributed by atoms with Crippen molar-refractivity contribution in [2.75, 3.05) is 31.6 Å². The van der Waals surface area contributed by atoms with Crippen molar-refractivity contribution in [3.63, 3.8) is 0 Å². The summed E-state index contributed by atoms with van der Waals surface area (Å²) in [6.45, 7) is 4.44. The van der Waals surface area contributed by atoms with Crippen LogP contribution < -0.4 is 4.90 Å². The Balaban J connectivity index is 1.93. The second-order valence-electron chi connectivity index (χ2n) is 5.72. The number of nitriles is 1. The molecule has 0 aromatic carbocycles. The normalized spacial score (nSPS) is 15.4. The average molecular weight is 301 g/mol. The third-order valence-corrected chi connectivity index (χ3v) is 4.15. The number of carbonyl (C=O) groups is 1. The highest BCUT2D eigenvalue weighted by Crippen LogP contribution is 2.24. The topological polar surface area (TPSA) is 73.1 Å². The van der Waals surface area contributed by atoms with E-state index in [1.807, 2.05) is 11.9 Å². The van der Waals surface area contributed by atoms with Gasteiger partial charge in [0.25, 0.3) is 0 Å². The minimum atomic E-state index is 0.0836. The first-order valence-electron chi connectivity index (χ1n) is 7.88. The molecule has 6 nitrogen and oxygen atoms in total. The van der Waals surface area contributed by atoms with Gasteiger partial charge >= 0.3 is 0 Å². The molecule has 1 amide bonds. The summed E-state index contributed by atoms with van der Waals surface area (Å²) in [5, 5.41) is 9.10. The molecule has 0 unspecified atom stereocenters. The fourth-order valence-corrected chi connectivity index (χ4v) is 2.80. The lowest BCUT2D eigenvalue weighted by Gasteiger charge is -2.33. The van der Waals surface area contributed by atoms with Gasteiger partial charge in [0.1, 0.15) is 6.07 Å². The van der Waals surface area contributed by atoms with E-state index in [9.17, 15) is 4.79 Å². The van der Waals surface area contributed by atoms with Crippen LogP contribution in [0.25, 0.3) is 0 Å². The monoisotopic (exact) mass is 301 g/mol. The van der Waals surface area contributed by atoms with Gasteiger partial charge in [-0.2, -0.15) is 5.26 Å². The van der Waals surface area contributed by atoms with E-state index in [1.54, 1.807) is 6.20 Å². The van der Waals surface area contributed by atoms with Gasteiger partial charge in [0.2, 0.25) is 5.91 Å². The van der Waals surface area contributed by atoms with Crippen LogP contribution in [0.2, 0.25) is 0 Å². The number of hydrogen-bond acceptors (Lipinski definition) is 5. The molecule has 0 bridgehead atoms. The SMILES string of the molecule is CCCCN(C)C(=O)C1CCN(c2nccnc2C#N)CC1. The summed E-state index contributed by atoms with van der Waals surface area (Å²) in [6.07, 6.45) is 6.88. The van der Waals surface area contributed by atoms with E-state index in [-0.39, 0.29) is 11.8 Å². The van der Waals surface area contributed by atoms with Crippen molar-refractivity contribution < 1.29 is 4.79 Å². The Morgan fingerprint density at radius 3 is 2.73 bits per heavy atom. The Bertz CT molecular complexity index is 546. The molecule has 1 saturated heterocycles. The Morgan fingerprint density at radius 1 is 1.41 bits per heavy atom. The van der Waals surface area contributed by atoms with Crippen LogP contribution in [0.4, 0.5) is 5.82 Å². The highest BCUT2D eigenvalue weighted by atomic mass is 16.2. The number of aromatic nitrogens is 2. The van der Waals surface area contributed by atoms with E-state index in [0.29, 0.717) is 11.5 Å². The van der Waals surface area contributed by atoms with E-state index >= 15 is 0 Å². The summed E-state index contributed by atoms with van der Waals surface area (Å²) in [5.74, 6) is 0.961. The van der Waals surface area contributed by atoms with Gasteiger partial charge in [-0.1, -0.05) is 13.3 Å². The minimum absolute atomic E-state index is 0.0836. The molecule has 118 valence electrons. The average Bonchev–Trinajstić information content (AvgIpc) is 2.59. The Labute approximate surface area is 131 Å². The summed E-state index contributed by atoms with van der Waals surface area (Å²) < 4.78 is 0. The van der Waals surface area contributed by atoms with E-state index < -0.39 is 0 Å². The number of anilines is 1. The molecule has 2 rings (SSSR count). The maximum Gasteiger partial charge on any atom is 0.225 e. The smallest absolute Gasteiger partial charge is 0.225 e. The van der Waals surface area contributed by atoms with Crippen molar-refractivity contribution in [3.05, 3.63) is 18.1 Å². The van der Waals surface area contributed by atoms with Crippen molar-refractivity contribution in [1.29, 1.82) is 5.26 Å². The molecule has 6 heteroatoms. The van der Waals surface area contributed by atoms with Crippen molar-refractivity contribution in [2.24, 2.45) is 5.92 Å². The predicted octanol–water partition coefficient (Wildman–Crippen LogP) is 1.82. The van der Waals surface area contributed by atoms with Gasteiger partial charge in [-0.25, -0.2) is 9.97 Å². The highest BCUT2D eigenvalue weighted by Gasteiger charge is 2.28. The minimum Gasteiger partial charge on any atom is -0.354 e. The Kier molecular flexibility index (Phi) is 5.70. The van der Waals surface area contributed by atoms with Crippen LogP contribution in [0, 0.1) is 17.2 Å². The zero-order chi connectivity index (χ0) is 15.9. The molecule has 1 fully saturated rings. The largest absolute Gasteiger partial charge is 0.354 e. The molecule has 1 aliphatic heterocycles. The van der Waals surface area contributed by atoms with Crippen molar-refractivity contribution in [1.82, 2.24) is 14.9 Å². The zero-order valence-electron chi connectivity index (χ0n) is 13.3. The molecule has 1 aromatic heterocycles. The van der Waals surface area contributed by atoms with Crippen LogP contribution >= 0.6 is 0 Å². The summed E-state index contributed by atoms with van der Waals surface area (Å²) in [5.41, 5.74) is 0.354. The van der Waals surface area contributed by atoms with Crippen LogP contribution in [0.1, 0.15) is 38.3 Å². The van der Waals surface area contributed by atoms with Crippen LogP contribution in [-0.2, 0) is 4.79 Å². The van der Waals surface area contributed by atoms with E-state index in [1.165, 1.54) is 6.20 Å². The van der Waals surface area contributed by atoms with Crippen LogP contribution in [-0.4, -0.2) is 47.5 Å². The first-order chi connectivity index (χ1) is 10.7. The van der Waals surface area contributed by atoms with Gasteiger partial charge in [0.05, 0.1) is 0 Å². The molecular weight excluding hydrogens is 278 g/mol. The first kappa shape index (κ1) is 16.2. The van der Waals surface area contributed by atoms with E-state index in [0.717, 1.165) is 45.3 Å². The van der Waals surface area contributed by atoms with Gasteiger partial charge < -0.3 is 9.80 Å². The Morgan fingerprint density at radius 2 is 2.09 bits per heavy atom. The number of piperidine rings is 1. The molecule has 0 saturated carbocycles. The number of amides is 1. The number of nitrogens with zero attached hydrogens (tertiary/aromatic N) is 5. The van der Waals surface area contributed by atoms with Crippen LogP contribution in [0.5, 0.6) is 0 Å². The third-order valence-electron chi connectivity index (χ3n) is 4.15. The molecule has 0 spiro atoms. The predicted molar refractivity (Wildman–Crippen MR) is 84.2 cm³/mol. The molecule has 2 heterocycles. The summed E-state index contributed by atoms with van der Waals surface area (Å²) in [7, 11) is 1.89. The van der Waals surface area contributed by atoms with Gasteiger partial charge in [0, 0.05) is 45.0 Å². The lowest BCUT2D eigenvalue weighted by atomic mass is 9.95. The lowest BCUT2D eigenvalue weighted by Crippen LogP contribution is -2.42. The maximum atomic E-state index is 12.4. The van der Waals surface area contributed by atoms with Crippen LogP contribution in [0.3, 0.4) is 0 Å². The summed E-state index contributed by atoms with van der Waals surface area (Å²) in [6, 6.07) is 2.08. The standard InChI is InChI=1S/C16H23N5O/c1-3-4-9-20(2)16(22)13-5-10-21(11-6-13)15-14(12-17)18-7-8-19-15/h7-8,13H,3-6,9-11H2,1-2H3. The molecule has 0 N–H and O–H groups in total. The molecule has 22 heavy (non-hydrogen) atoms. The molecule has 0 atom stereocenters. The van der Waals surface area contributed by atoms with Crippen molar-refractivity contribution in [3.8, 4) is 6.07 Å². The number of rotatable bonds is 5. The molecular formula is C16H23N5O. The fourth-order valence-electron chi connectivity index (χ4n) is 2.80. The molecule has 1 aliphatic rings. The van der Waals surface area contributed by atoms with Crippen molar-refractivity contribution >= 4 is 11.7 Å². The second-order valence-corrected chi connectivity index (χ2v) is 5.72. The first-order valence-corrected chi connectivity index (χ1v) is 7.88. The number of hydrogen-bond donors (Lipinski definition) is 0. The molecule has 0 radical (unpaired) electrons. The fraction of sp³-hybridized carbons (Fsp3) is 0.625. The van der Waals surface area contributed by atoms with E-state index in [4.69, 9.17) is 5.26 Å². The second kappa shape index (κ2) is 7.74. The zero-order valence-corrected chi connectivity index (χ0v) is 13.3.